The first-order valence-electron chi connectivity index (χ1n) is 9.91. The Labute approximate surface area is 171 Å². The highest BCUT2D eigenvalue weighted by molar-refractivity contribution is 7.53. The molecule has 1 atom stereocenters. The van der Waals surface area contributed by atoms with Crippen LogP contribution in [-0.2, 0) is 24.4 Å². The molecule has 0 heterocycles. The van der Waals surface area contributed by atoms with Crippen molar-refractivity contribution >= 4 is 7.60 Å². The van der Waals surface area contributed by atoms with Gasteiger partial charge in [-0.05, 0) is 53.5 Å². The summed E-state index contributed by atoms with van der Waals surface area (Å²) in [5.41, 5.74) is 2.26. The Morgan fingerprint density at radius 2 is 1.50 bits per heavy atom. The van der Waals surface area contributed by atoms with Crippen molar-refractivity contribution in [1.82, 2.24) is 5.32 Å². The molecule has 5 nitrogen and oxygen atoms in total. The van der Waals surface area contributed by atoms with Gasteiger partial charge < -0.3 is 14.2 Å². The van der Waals surface area contributed by atoms with Crippen molar-refractivity contribution in [2.75, 3.05) is 19.5 Å². The fraction of sp³-hybridized carbons (Fsp3) is 0.636. The zero-order chi connectivity index (χ0) is 21.8. The van der Waals surface area contributed by atoms with Gasteiger partial charge in [-0.15, -0.1) is 6.58 Å². The first-order valence-corrected chi connectivity index (χ1v) is 11.6. The molecule has 0 aromatic heterocycles. The Balaban J connectivity index is 3.35. The van der Waals surface area contributed by atoms with E-state index in [1.54, 1.807) is 19.9 Å². The second kappa shape index (κ2) is 9.58. The molecule has 1 aromatic carbocycles. The van der Waals surface area contributed by atoms with Crippen LogP contribution in [0.4, 0.5) is 0 Å². The molecule has 1 aromatic rings. The first-order chi connectivity index (χ1) is 12.8. The summed E-state index contributed by atoms with van der Waals surface area (Å²) >= 11 is 0. The number of phenolic OH excluding ortho intramolecular Hbond substituents is 1. The lowest BCUT2D eigenvalue weighted by molar-refractivity contribution is 0.217. The van der Waals surface area contributed by atoms with Crippen LogP contribution >= 0.6 is 7.60 Å². The summed E-state index contributed by atoms with van der Waals surface area (Å²) in [4.78, 5) is 0. The minimum atomic E-state index is -3.21. The van der Waals surface area contributed by atoms with E-state index in [0.717, 1.165) is 16.7 Å². The lowest BCUT2D eigenvalue weighted by atomic mass is 9.77. The van der Waals surface area contributed by atoms with Crippen molar-refractivity contribution in [3.05, 3.63) is 41.5 Å². The maximum absolute atomic E-state index is 12.8. The van der Waals surface area contributed by atoms with Crippen LogP contribution in [0.1, 0.15) is 78.1 Å². The smallest absolute Gasteiger partial charge is 0.344 e. The van der Waals surface area contributed by atoms with Crippen molar-refractivity contribution in [3.8, 4) is 5.75 Å². The van der Waals surface area contributed by atoms with E-state index in [1.165, 1.54) is 0 Å². The summed E-state index contributed by atoms with van der Waals surface area (Å²) in [5.74, 6) is 0.334. The number of aromatic hydroxyl groups is 1. The van der Waals surface area contributed by atoms with Gasteiger partial charge in [0, 0.05) is 0 Å². The fourth-order valence-corrected chi connectivity index (χ4v) is 4.51. The zero-order valence-corrected chi connectivity index (χ0v) is 19.7. The van der Waals surface area contributed by atoms with Gasteiger partial charge in [0.15, 0.2) is 0 Å². The summed E-state index contributed by atoms with van der Waals surface area (Å²) in [6, 6.07) is 3.74. The van der Waals surface area contributed by atoms with Crippen LogP contribution in [0.15, 0.2) is 24.8 Å². The number of hydrogen-bond donors (Lipinski definition) is 2. The molecule has 0 fully saturated rings. The highest BCUT2D eigenvalue weighted by Gasteiger charge is 2.29. The van der Waals surface area contributed by atoms with Gasteiger partial charge in [0.2, 0.25) is 0 Å². The van der Waals surface area contributed by atoms with Crippen LogP contribution in [0.3, 0.4) is 0 Å². The topological polar surface area (TPSA) is 67.8 Å². The maximum Gasteiger partial charge on any atom is 0.344 e. The number of benzene rings is 1. The van der Waals surface area contributed by atoms with E-state index in [9.17, 15) is 9.67 Å². The van der Waals surface area contributed by atoms with E-state index in [1.807, 2.05) is 12.1 Å². The highest BCUT2D eigenvalue weighted by Crippen LogP contribution is 2.47. The van der Waals surface area contributed by atoms with E-state index in [2.05, 4.69) is 53.4 Å². The van der Waals surface area contributed by atoms with Crippen molar-refractivity contribution in [2.45, 2.75) is 72.3 Å². The van der Waals surface area contributed by atoms with E-state index in [0.29, 0.717) is 19.0 Å². The summed E-state index contributed by atoms with van der Waals surface area (Å²) in [5, 5.41) is 14.2. The maximum atomic E-state index is 12.8. The average Bonchev–Trinajstić information content (AvgIpc) is 2.54. The predicted octanol–water partition coefficient (Wildman–Crippen LogP) is 6.03. The number of phenols is 1. The zero-order valence-electron chi connectivity index (χ0n) is 18.8. The van der Waals surface area contributed by atoms with E-state index in [-0.39, 0.29) is 23.2 Å². The van der Waals surface area contributed by atoms with Crippen molar-refractivity contribution in [3.63, 3.8) is 0 Å². The highest BCUT2D eigenvalue weighted by atomic mass is 31.2. The number of hydrogen-bond acceptors (Lipinski definition) is 5. The predicted molar refractivity (Wildman–Crippen MR) is 117 cm³/mol. The molecular formula is C22H38NO4P. The van der Waals surface area contributed by atoms with Gasteiger partial charge in [-0.2, -0.15) is 0 Å². The molecule has 6 heteroatoms. The van der Waals surface area contributed by atoms with Gasteiger partial charge in [-0.3, -0.25) is 9.88 Å². The summed E-state index contributed by atoms with van der Waals surface area (Å²) in [6.07, 6.45) is 1.86. The quantitative estimate of drug-likeness (QED) is 0.384. The number of rotatable bonds is 9. The molecule has 1 rings (SSSR count). The molecule has 0 aliphatic heterocycles. The third-order valence-electron chi connectivity index (χ3n) is 4.50. The monoisotopic (exact) mass is 411 g/mol. The Hall–Kier alpha value is -1.13. The molecule has 0 radical (unpaired) electrons. The van der Waals surface area contributed by atoms with Gasteiger partial charge >= 0.3 is 7.60 Å². The van der Waals surface area contributed by atoms with Gasteiger partial charge in [-0.25, -0.2) is 0 Å². The largest absolute Gasteiger partial charge is 0.507 e. The third-order valence-corrected chi connectivity index (χ3v) is 6.37. The summed E-state index contributed by atoms with van der Waals surface area (Å²) < 4.78 is 23.5. The molecule has 0 saturated heterocycles. The van der Waals surface area contributed by atoms with E-state index < -0.39 is 7.60 Å². The first kappa shape index (κ1) is 24.9. The van der Waals surface area contributed by atoms with Crippen LogP contribution < -0.4 is 5.32 Å². The van der Waals surface area contributed by atoms with Crippen LogP contribution in [0.5, 0.6) is 5.75 Å². The van der Waals surface area contributed by atoms with Gasteiger partial charge in [-0.1, -0.05) is 47.6 Å². The molecule has 0 aliphatic carbocycles. The molecule has 0 amide bonds. The summed E-state index contributed by atoms with van der Waals surface area (Å²) in [7, 11) is -3.21. The molecule has 160 valence electrons. The Bertz CT molecular complexity index is 671. The fourth-order valence-electron chi connectivity index (χ4n) is 3.05. The molecule has 0 aliphatic rings. The van der Waals surface area contributed by atoms with Gasteiger partial charge in [0.25, 0.3) is 0 Å². The van der Waals surface area contributed by atoms with Gasteiger partial charge in [0.1, 0.15) is 5.75 Å². The minimum Gasteiger partial charge on any atom is -0.507 e. The molecule has 28 heavy (non-hydrogen) atoms. The molecule has 0 saturated carbocycles. The van der Waals surface area contributed by atoms with Gasteiger partial charge in [0.05, 0.1) is 25.5 Å². The lowest BCUT2D eigenvalue weighted by Crippen LogP contribution is -2.24. The Morgan fingerprint density at radius 3 is 1.82 bits per heavy atom. The van der Waals surface area contributed by atoms with Crippen LogP contribution in [0.2, 0.25) is 0 Å². The number of nitrogens with one attached hydrogen (secondary N) is 1. The molecule has 0 bridgehead atoms. The van der Waals surface area contributed by atoms with Crippen molar-refractivity contribution < 1.29 is 18.7 Å². The van der Waals surface area contributed by atoms with E-state index in [4.69, 9.17) is 9.05 Å². The standard InChI is InChI=1S/C22H38NO4P/c1-10-19(23-15-28(25,26-11-2)27-12-3)16-13-17(21(4,5)6)20(24)18(14-16)22(7,8)9/h10,13-14,19,23-24H,1,11-12,15H2,2-9H3. The third kappa shape index (κ3) is 6.45. The van der Waals surface area contributed by atoms with Crippen molar-refractivity contribution in [1.29, 1.82) is 0 Å². The van der Waals surface area contributed by atoms with Crippen LogP contribution in [0.25, 0.3) is 0 Å². The van der Waals surface area contributed by atoms with E-state index >= 15 is 0 Å². The molecule has 0 spiro atoms. The molecule has 1 unspecified atom stereocenters. The molecule has 2 N–H and O–H groups in total. The Kier molecular flexibility index (Phi) is 8.52. The Morgan fingerprint density at radius 1 is 1.07 bits per heavy atom. The lowest BCUT2D eigenvalue weighted by Gasteiger charge is -2.30. The molecular weight excluding hydrogens is 373 g/mol. The minimum absolute atomic E-state index is 0.0853. The van der Waals surface area contributed by atoms with Crippen molar-refractivity contribution in [2.24, 2.45) is 0 Å². The second-order valence-electron chi connectivity index (χ2n) is 8.99. The SMILES string of the molecule is C=CC(NCP(=O)(OCC)OCC)c1cc(C(C)(C)C)c(O)c(C(C)(C)C)c1. The summed E-state index contributed by atoms with van der Waals surface area (Å²) in [6.45, 7) is 20.6. The second-order valence-corrected chi connectivity index (χ2v) is 11.0. The van der Waals surface area contributed by atoms with Crippen LogP contribution in [-0.4, -0.2) is 24.6 Å². The normalized spacial score (nSPS) is 14.1. The average molecular weight is 412 g/mol. The van der Waals surface area contributed by atoms with Crippen LogP contribution in [0, 0.1) is 0 Å².